The molecule has 0 radical (unpaired) electrons. The number of benzene rings is 1. The molecule has 1 aromatic heterocycles. The van der Waals surface area contributed by atoms with Gasteiger partial charge in [-0.15, -0.1) is 24.0 Å². The minimum absolute atomic E-state index is 0. The number of hydrogen-bond acceptors (Lipinski definition) is 4. The molecule has 2 atom stereocenters. The Balaban J connectivity index is 0.00000280. The smallest absolute Gasteiger partial charge is 0.191 e. The van der Waals surface area contributed by atoms with E-state index in [1.165, 1.54) is 0 Å². The number of aromatic nitrogens is 3. The van der Waals surface area contributed by atoms with Gasteiger partial charge in [0.05, 0.1) is 12.6 Å². The van der Waals surface area contributed by atoms with Crippen molar-refractivity contribution in [2.24, 2.45) is 4.99 Å². The molecule has 1 aromatic carbocycles. The normalized spacial score (nSPS) is 17.4. The molecule has 2 unspecified atom stereocenters. The van der Waals surface area contributed by atoms with Crippen LogP contribution in [0.25, 0.3) is 0 Å². The summed E-state index contributed by atoms with van der Waals surface area (Å²) < 4.78 is 7.62. The van der Waals surface area contributed by atoms with E-state index in [-0.39, 0.29) is 36.1 Å². The van der Waals surface area contributed by atoms with Crippen LogP contribution in [0.15, 0.2) is 29.3 Å². The molecule has 28 heavy (non-hydrogen) atoms. The number of halogens is 2. The Kier molecular flexibility index (Phi) is 8.97. The topological polar surface area (TPSA) is 76.4 Å². The highest BCUT2D eigenvalue weighted by atomic mass is 127. The molecule has 1 aliphatic rings. The van der Waals surface area contributed by atoms with Crippen molar-refractivity contribution < 1.29 is 4.74 Å². The Hall–Kier alpha value is -1.39. The van der Waals surface area contributed by atoms with Crippen LogP contribution in [0.3, 0.4) is 0 Å². The molecule has 2 heterocycles. The summed E-state index contributed by atoms with van der Waals surface area (Å²) in [5.41, 5.74) is 1.03. The van der Waals surface area contributed by atoms with Crippen molar-refractivity contribution in [1.29, 1.82) is 0 Å². The van der Waals surface area contributed by atoms with E-state index in [1.807, 2.05) is 28.9 Å². The van der Waals surface area contributed by atoms with Gasteiger partial charge in [-0.3, -0.25) is 4.99 Å². The molecule has 0 aliphatic carbocycles. The van der Waals surface area contributed by atoms with Gasteiger partial charge in [0, 0.05) is 44.6 Å². The number of rotatable bonds is 6. The van der Waals surface area contributed by atoms with Gasteiger partial charge in [0.25, 0.3) is 0 Å². The summed E-state index contributed by atoms with van der Waals surface area (Å²) in [7, 11) is 3.47. The third-order valence-corrected chi connectivity index (χ3v) is 4.98. The second kappa shape index (κ2) is 11.0. The van der Waals surface area contributed by atoms with Crippen molar-refractivity contribution in [3.05, 3.63) is 46.5 Å². The molecular formula is C19H28ClIN6O. The van der Waals surface area contributed by atoms with Gasteiger partial charge < -0.3 is 15.4 Å². The second-order valence-electron chi connectivity index (χ2n) is 6.59. The Labute approximate surface area is 188 Å². The number of guanidine groups is 1. The van der Waals surface area contributed by atoms with Gasteiger partial charge in [0.2, 0.25) is 0 Å². The standard InChI is InChI=1S/C19H27ClN6O.HI/c1-4-17-24-18-9-8-15(12-26(18)25-17)23-19(21-2)22-11-16(27-3)13-6-5-7-14(20)10-13;/h5-7,10,15-16H,4,8-9,11-12H2,1-3H3,(H2,21,22,23);1H. The van der Waals surface area contributed by atoms with Crippen LogP contribution < -0.4 is 10.6 Å². The summed E-state index contributed by atoms with van der Waals surface area (Å²) >= 11 is 6.09. The fourth-order valence-electron chi connectivity index (χ4n) is 3.25. The molecule has 3 rings (SSSR count). The zero-order chi connectivity index (χ0) is 19.2. The van der Waals surface area contributed by atoms with E-state index < -0.39 is 0 Å². The second-order valence-corrected chi connectivity index (χ2v) is 7.03. The van der Waals surface area contributed by atoms with Crippen molar-refractivity contribution in [2.75, 3.05) is 20.7 Å². The quantitative estimate of drug-likeness (QED) is 0.349. The van der Waals surface area contributed by atoms with E-state index in [2.05, 4.69) is 32.6 Å². The zero-order valence-electron chi connectivity index (χ0n) is 16.5. The lowest BCUT2D eigenvalue weighted by molar-refractivity contribution is 0.106. The van der Waals surface area contributed by atoms with Crippen LogP contribution in [0.5, 0.6) is 0 Å². The Morgan fingerprint density at radius 1 is 1.46 bits per heavy atom. The third-order valence-electron chi connectivity index (χ3n) is 4.74. The van der Waals surface area contributed by atoms with Crippen molar-refractivity contribution in [3.8, 4) is 0 Å². The maximum Gasteiger partial charge on any atom is 0.191 e. The molecule has 1 aliphatic heterocycles. The van der Waals surface area contributed by atoms with E-state index >= 15 is 0 Å². The maximum atomic E-state index is 6.09. The van der Waals surface area contributed by atoms with Crippen LogP contribution in [0.4, 0.5) is 0 Å². The van der Waals surface area contributed by atoms with E-state index in [1.54, 1.807) is 14.2 Å². The van der Waals surface area contributed by atoms with Crippen LogP contribution in [0, 0.1) is 0 Å². The largest absolute Gasteiger partial charge is 0.375 e. The predicted octanol–water partition coefficient (Wildman–Crippen LogP) is 2.98. The highest BCUT2D eigenvalue weighted by Gasteiger charge is 2.22. The van der Waals surface area contributed by atoms with Gasteiger partial charge in [-0.1, -0.05) is 30.7 Å². The van der Waals surface area contributed by atoms with Crippen LogP contribution in [-0.2, 0) is 24.1 Å². The van der Waals surface area contributed by atoms with E-state index in [0.29, 0.717) is 11.6 Å². The third kappa shape index (κ3) is 5.81. The first kappa shape index (κ1) is 22.9. The summed E-state index contributed by atoms with van der Waals surface area (Å²) in [6.45, 7) is 3.47. The van der Waals surface area contributed by atoms with Gasteiger partial charge in [0.15, 0.2) is 11.8 Å². The highest BCUT2D eigenvalue weighted by Crippen LogP contribution is 2.20. The summed E-state index contributed by atoms with van der Waals surface area (Å²) in [5.74, 6) is 2.74. The number of fused-ring (bicyclic) bond motifs is 1. The minimum atomic E-state index is -0.109. The van der Waals surface area contributed by atoms with E-state index in [9.17, 15) is 0 Å². The summed E-state index contributed by atoms with van der Waals surface area (Å²) in [4.78, 5) is 8.91. The Morgan fingerprint density at radius 2 is 2.29 bits per heavy atom. The monoisotopic (exact) mass is 518 g/mol. The fourth-order valence-corrected chi connectivity index (χ4v) is 3.45. The number of nitrogens with one attached hydrogen (secondary N) is 2. The van der Waals surface area contributed by atoms with Gasteiger partial charge in [-0.05, 0) is 24.1 Å². The maximum absolute atomic E-state index is 6.09. The summed E-state index contributed by atoms with van der Waals surface area (Å²) in [6.07, 6.45) is 2.68. The average molecular weight is 519 g/mol. The van der Waals surface area contributed by atoms with Crippen molar-refractivity contribution in [2.45, 2.75) is 44.9 Å². The molecule has 0 spiro atoms. The molecule has 0 fully saturated rings. The van der Waals surface area contributed by atoms with E-state index in [0.717, 1.165) is 49.0 Å². The van der Waals surface area contributed by atoms with Gasteiger partial charge in [-0.25, -0.2) is 9.67 Å². The van der Waals surface area contributed by atoms with Gasteiger partial charge in [-0.2, -0.15) is 5.10 Å². The van der Waals surface area contributed by atoms with Gasteiger partial charge >= 0.3 is 0 Å². The number of aryl methyl sites for hydroxylation is 2. The number of ether oxygens (including phenoxy) is 1. The first-order chi connectivity index (χ1) is 13.1. The molecule has 0 bridgehead atoms. The first-order valence-corrected chi connectivity index (χ1v) is 9.68. The van der Waals surface area contributed by atoms with E-state index in [4.69, 9.17) is 16.3 Å². The summed E-state index contributed by atoms with van der Waals surface area (Å²) in [5, 5.41) is 12.1. The molecule has 0 saturated carbocycles. The van der Waals surface area contributed by atoms with Gasteiger partial charge in [0.1, 0.15) is 5.82 Å². The number of hydrogen-bond donors (Lipinski definition) is 2. The van der Waals surface area contributed by atoms with Crippen molar-refractivity contribution in [3.63, 3.8) is 0 Å². The molecular weight excluding hydrogens is 491 g/mol. The van der Waals surface area contributed by atoms with Crippen LogP contribution in [-0.4, -0.2) is 47.5 Å². The Bertz CT molecular complexity index is 796. The lowest BCUT2D eigenvalue weighted by Crippen LogP contribution is -2.48. The highest BCUT2D eigenvalue weighted by molar-refractivity contribution is 14.0. The zero-order valence-corrected chi connectivity index (χ0v) is 19.6. The molecule has 7 nitrogen and oxygen atoms in total. The van der Waals surface area contributed by atoms with Crippen molar-refractivity contribution >= 4 is 41.5 Å². The molecule has 0 saturated heterocycles. The molecule has 0 amide bonds. The molecule has 2 N–H and O–H groups in total. The predicted molar refractivity (Wildman–Crippen MR) is 123 cm³/mol. The fraction of sp³-hybridized carbons (Fsp3) is 0.526. The lowest BCUT2D eigenvalue weighted by atomic mass is 10.1. The number of nitrogens with zero attached hydrogens (tertiary/aromatic N) is 4. The molecule has 9 heteroatoms. The molecule has 2 aromatic rings. The molecule has 154 valence electrons. The van der Waals surface area contributed by atoms with Crippen LogP contribution in [0.2, 0.25) is 5.02 Å². The average Bonchev–Trinajstić information content (AvgIpc) is 3.10. The number of aliphatic imine (C=N–C) groups is 1. The Morgan fingerprint density at radius 3 is 2.96 bits per heavy atom. The lowest BCUT2D eigenvalue weighted by Gasteiger charge is -2.26. The van der Waals surface area contributed by atoms with Crippen molar-refractivity contribution in [1.82, 2.24) is 25.4 Å². The number of methoxy groups -OCH3 is 1. The van der Waals surface area contributed by atoms with Crippen LogP contribution in [0.1, 0.15) is 36.7 Å². The summed E-state index contributed by atoms with van der Waals surface area (Å²) in [6, 6.07) is 7.99. The van der Waals surface area contributed by atoms with Crippen LogP contribution >= 0.6 is 35.6 Å². The first-order valence-electron chi connectivity index (χ1n) is 9.31. The minimum Gasteiger partial charge on any atom is -0.375 e. The SMILES string of the molecule is CCc1nc2n(n1)CC(NC(=NC)NCC(OC)c1cccc(Cl)c1)CC2.I.